The van der Waals surface area contributed by atoms with Gasteiger partial charge in [-0.05, 0) is 45.2 Å². The molecule has 0 saturated carbocycles. The van der Waals surface area contributed by atoms with Gasteiger partial charge in [-0.1, -0.05) is 6.07 Å². The Morgan fingerprint density at radius 1 is 1.31 bits per heavy atom. The summed E-state index contributed by atoms with van der Waals surface area (Å²) >= 11 is 1.58. The molecule has 26 heavy (non-hydrogen) atoms. The van der Waals surface area contributed by atoms with Gasteiger partial charge in [0.1, 0.15) is 0 Å². The summed E-state index contributed by atoms with van der Waals surface area (Å²) < 4.78 is 31.6. The van der Waals surface area contributed by atoms with Crippen molar-refractivity contribution in [3.63, 3.8) is 0 Å². The van der Waals surface area contributed by atoms with Crippen LogP contribution in [0.2, 0.25) is 0 Å². The van der Waals surface area contributed by atoms with Crippen LogP contribution in [0, 0.1) is 13.8 Å². The number of imidazole rings is 1. The van der Waals surface area contributed by atoms with Crippen LogP contribution in [-0.2, 0) is 10.0 Å². The van der Waals surface area contributed by atoms with Gasteiger partial charge in [-0.3, -0.25) is 4.68 Å². The van der Waals surface area contributed by atoms with E-state index < -0.39 is 10.0 Å². The molecule has 0 bridgehead atoms. The molecule has 0 saturated heterocycles. The van der Waals surface area contributed by atoms with Crippen LogP contribution in [0.3, 0.4) is 0 Å². The van der Waals surface area contributed by atoms with Crippen LogP contribution in [0.1, 0.15) is 42.2 Å². The number of sulfonamides is 1. The summed E-state index contributed by atoms with van der Waals surface area (Å²) in [5, 5.41) is 6.55. The third-order valence-corrected chi connectivity index (χ3v) is 6.41. The summed E-state index contributed by atoms with van der Waals surface area (Å²) in [5.41, 5.74) is 1.90. The molecule has 3 heterocycles. The molecule has 1 atom stereocenters. The van der Waals surface area contributed by atoms with Crippen molar-refractivity contribution >= 4 is 21.4 Å². The number of hydrogen-bond donors (Lipinski definition) is 1. The molecule has 0 aliphatic heterocycles. The van der Waals surface area contributed by atoms with Gasteiger partial charge in [0, 0.05) is 29.4 Å². The van der Waals surface area contributed by atoms with Crippen molar-refractivity contribution in [1.29, 1.82) is 0 Å². The van der Waals surface area contributed by atoms with Gasteiger partial charge in [0.05, 0.1) is 18.1 Å². The Morgan fingerprint density at radius 2 is 2.08 bits per heavy atom. The number of aromatic nitrogens is 4. The van der Waals surface area contributed by atoms with Crippen molar-refractivity contribution < 1.29 is 8.42 Å². The lowest BCUT2D eigenvalue weighted by Crippen LogP contribution is -2.32. The van der Waals surface area contributed by atoms with Crippen molar-refractivity contribution in [2.24, 2.45) is 0 Å². The predicted molar refractivity (Wildman–Crippen MR) is 102 cm³/mol. The van der Waals surface area contributed by atoms with Crippen molar-refractivity contribution in [3.05, 3.63) is 52.4 Å². The van der Waals surface area contributed by atoms with Gasteiger partial charge in [0.15, 0.2) is 5.03 Å². The maximum Gasteiger partial charge on any atom is 0.259 e. The van der Waals surface area contributed by atoms with E-state index in [0.717, 1.165) is 16.3 Å². The summed E-state index contributed by atoms with van der Waals surface area (Å²) in [6.07, 6.45) is 3.09. The lowest BCUT2D eigenvalue weighted by Gasteiger charge is -2.18. The molecule has 1 N–H and O–H groups in total. The molecule has 0 aromatic carbocycles. The number of aryl methyl sites for hydroxylation is 2. The fourth-order valence-corrected chi connectivity index (χ4v) is 4.53. The summed E-state index contributed by atoms with van der Waals surface area (Å²) in [7, 11) is -3.69. The second-order valence-corrected chi connectivity index (χ2v) is 9.20. The fraction of sp³-hybridized carbons (Fsp3) is 0.412. The lowest BCUT2D eigenvalue weighted by atomic mass is 10.2. The molecule has 0 unspecified atom stereocenters. The van der Waals surface area contributed by atoms with E-state index in [0.29, 0.717) is 0 Å². The quantitative estimate of drug-likeness (QED) is 0.669. The monoisotopic (exact) mass is 393 g/mol. The Balaban J connectivity index is 1.84. The minimum Gasteiger partial charge on any atom is -0.334 e. The van der Waals surface area contributed by atoms with E-state index in [1.54, 1.807) is 22.1 Å². The zero-order chi connectivity index (χ0) is 18.9. The topological polar surface area (TPSA) is 81.8 Å². The Morgan fingerprint density at radius 3 is 2.62 bits per heavy atom. The van der Waals surface area contributed by atoms with Gasteiger partial charge in [0.2, 0.25) is 0 Å². The predicted octanol–water partition coefficient (Wildman–Crippen LogP) is 2.91. The standard InChI is InChI=1S/C17H23N5O2S2/c1-12(2)21-10-17(18-11-21)26(23,24)19-9-15(16-6-5-7-25-16)22-14(4)8-13(3)20-22/h5-8,10-12,15,19H,9H2,1-4H3/t15-/m1/s1. The van der Waals surface area contributed by atoms with Crippen LogP contribution in [0.5, 0.6) is 0 Å². The lowest BCUT2D eigenvalue weighted by molar-refractivity contribution is 0.499. The Hall–Kier alpha value is -1.97. The van der Waals surface area contributed by atoms with Crippen LogP contribution >= 0.6 is 11.3 Å². The Bertz CT molecular complexity index is 971. The Kier molecular flexibility index (Phi) is 5.31. The minimum atomic E-state index is -3.69. The van der Waals surface area contributed by atoms with Gasteiger partial charge in [0.25, 0.3) is 10.0 Å². The number of thiophene rings is 1. The molecule has 140 valence electrons. The van der Waals surface area contributed by atoms with E-state index >= 15 is 0 Å². The highest BCUT2D eigenvalue weighted by molar-refractivity contribution is 7.89. The summed E-state index contributed by atoms with van der Waals surface area (Å²) in [6.45, 7) is 8.05. The molecule has 3 aromatic rings. The molecule has 0 fully saturated rings. The molecule has 0 radical (unpaired) electrons. The summed E-state index contributed by atoms with van der Waals surface area (Å²) in [4.78, 5) is 5.08. The molecule has 0 spiro atoms. The maximum atomic E-state index is 12.7. The van der Waals surface area contributed by atoms with Gasteiger partial charge < -0.3 is 4.57 Å². The molecule has 3 aromatic heterocycles. The van der Waals surface area contributed by atoms with E-state index in [2.05, 4.69) is 14.8 Å². The molecule has 7 nitrogen and oxygen atoms in total. The second kappa shape index (κ2) is 7.34. The third-order valence-electron chi connectivity index (χ3n) is 4.13. The van der Waals surface area contributed by atoms with Crippen LogP contribution < -0.4 is 4.72 Å². The first-order chi connectivity index (χ1) is 12.3. The molecule has 3 rings (SSSR count). The van der Waals surface area contributed by atoms with Crippen molar-refractivity contribution in [3.8, 4) is 0 Å². The maximum absolute atomic E-state index is 12.7. The first-order valence-electron chi connectivity index (χ1n) is 8.37. The van der Waals surface area contributed by atoms with Gasteiger partial charge in [-0.2, -0.15) is 5.10 Å². The number of hydrogen-bond acceptors (Lipinski definition) is 5. The van der Waals surface area contributed by atoms with Crippen molar-refractivity contribution in [1.82, 2.24) is 24.1 Å². The van der Waals surface area contributed by atoms with Crippen molar-refractivity contribution in [2.75, 3.05) is 6.54 Å². The molecule has 0 amide bonds. The summed E-state index contributed by atoms with van der Waals surface area (Å²) in [5.74, 6) is 0. The zero-order valence-corrected chi connectivity index (χ0v) is 16.9. The third kappa shape index (κ3) is 3.89. The van der Waals surface area contributed by atoms with Crippen LogP contribution in [-0.4, -0.2) is 34.3 Å². The van der Waals surface area contributed by atoms with Crippen LogP contribution in [0.4, 0.5) is 0 Å². The summed E-state index contributed by atoms with van der Waals surface area (Å²) in [6, 6.07) is 5.88. The number of nitrogens with zero attached hydrogens (tertiary/aromatic N) is 4. The molecule has 9 heteroatoms. The average molecular weight is 394 g/mol. The highest BCUT2D eigenvalue weighted by Crippen LogP contribution is 2.24. The smallest absolute Gasteiger partial charge is 0.259 e. The van der Waals surface area contributed by atoms with E-state index in [1.165, 1.54) is 6.33 Å². The van der Waals surface area contributed by atoms with Gasteiger partial charge >= 0.3 is 0 Å². The van der Waals surface area contributed by atoms with E-state index in [-0.39, 0.29) is 23.7 Å². The second-order valence-electron chi connectivity index (χ2n) is 6.51. The Labute approximate surface area is 157 Å². The minimum absolute atomic E-state index is 0.0319. The van der Waals surface area contributed by atoms with Crippen LogP contribution in [0.15, 0.2) is 41.1 Å². The molecular formula is C17H23N5O2S2. The zero-order valence-electron chi connectivity index (χ0n) is 15.2. The van der Waals surface area contributed by atoms with Gasteiger partial charge in [-0.25, -0.2) is 18.1 Å². The van der Waals surface area contributed by atoms with Crippen molar-refractivity contribution in [2.45, 2.75) is 44.8 Å². The highest BCUT2D eigenvalue weighted by atomic mass is 32.2. The largest absolute Gasteiger partial charge is 0.334 e. The van der Waals surface area contributed by atoms with E-state index in [4.69, 9.17) is 0 Å². The SMILES string of the molecule is Cc1cc(C)n([C@H](CNS(=O)(=O)c2cn(C(C)C)cn2)c2cccs2)n1. The molecular weight excluding hydrogens is 370 g/mol. The molecule has 0 aliphatic carbocycles. The normalized spacial score (nSPS) is 13.4. The average Bonchev–Trinajstić information content (AvgIpc) is 3.29. The first kappa shape index (κ1) is 18.8. The first-order valence-corrected chi connectivity index (χ1v) is 10.7. The number of nitrogens with one attached hydrogen (secondary N) is 1. The van der Waals surface area contributed by atoms with E-state index in [1.807, 2.05) is 56.0 Å². The van der Waals surface area contributed by atoms with Gasteiger partial charge in [-0.15, -0.1) is 11.3 Å². The van der Waals surface area contributed by atoms with Crippen LogP contribution in [0.25, 0.3) is 0 Å². The van der Waals surface area contributed by atoms with E-state index in [9.17, 15) is 8.42 Å². The fourth-order valence-electron chi connectivity index (χ4n) is 2.75. The molecule has 0 aliphatic rings. The highest BCUT2D eigenvalue weighted by Gasteiger charge is 2.23. The number of rotatable bonds is 7.